The van der Waals surface area contributed by atoms with Crippen molar-refractivity contribution in [2.75, 3.05) is 16.8 Å². The molecule has 1 N–H and O–H groups in total. The minimum Gasteiger partial charge on any atom is -0.475 e. The summed E-state index contributed by atoms with van der Waals surface area (Å²) in [6.07, 6.45) is 4.07. The van der Waals surface area contributed by atoms with Crippen LogP contribution in [0.25, 0.3) is 0 Å². The lowest BCUT2D eigenvalue weighted by molar-refractivity contribution is 0.232. The van der Waals surface area contributed by atoms with Gasteiger partial charge in [0.05, 0.1) is 41.9 Å². The van der Waals surface area contributed by atoms with Gasteiger partial charge >= 0.3 is 0 Å². The fourth-order valence-corrected chi connectivity index (χ4v) is 3.58. The van der Waals surface area contributed by atoms with Gasteiger partial charge in [-0.15, -0.1) is 0 Å². The van der Waals surface area contributed by atoms with E-state index in [9.17, 15) is 4.39 Å². The summed E-state index contributed by atoms with van der Waals surface area (Å²) in [6.45, 7) is 4.59. The van der Waals surface area contributed by atoms with Gasteiger partial charge < -0.3 is 15.0 Å². The summed E-state index contributed by atoms with van der Waals surface area (Å²) in [5, 5.41) is 12.4. The van der Waals surface area contributed by atoms with E-state index in [1.54, 1.807) is 24.7 Å². The van der Waals surface area contributed by atoms with Gasteiger partial charge in [-0.05, 0) is 44.5 Å². The number of nitrogens with zero attached hydrogens (tertiary/aromatic N) is 5. The predicted octanol–water partition coefficient (Wildman–Crippen LogP) is 4.31. The second kappa shape index (κ2) is 8.96. The summed E-state index contributed by atoms with van der Waals surface area (Å²) in [5.41, 5.74) is 4.46. The molecular weight excluding hydrogens is 395 g/mol. The van der Waals surface area contributed by atoms with Crippen molar-refractivity contribution in [2.24, 2.45) is 0 Å². The molecule has 4 rings (SSSR count). The highest BCUT2D eigenvalue weighted by Gasteiger charge is 2.22. The number of rotatable bonds is 6. The molecule has 0 fully saturated rings. The number of ether oxygens (including phenoxy) is 1. The lowest BCUT2D eigenvalue weighted by Gasteiger charge is -2.31. The lowest BCUT2D eigenvalue weighted by atomic mass is 10.0. The second-order valence-corrected chi connectivity index (χ2v) is 7.58. The molecule has 8 heteroatoms. The Bertz CT molecular complexity index is 1110. The molecule has 158 valence electrons. The van der Waals surface area contributed by atoms with E-state index in [0.717, 1.165) is 41.4 Å². The Labute approximate surface area is 180 Å². The first-order valence-electron chi connectivity index (χ1n) is 10.1. The summed E-state index contributed by atoms with van der Waals surface area (Å²) in [5.74, 6) is 1.34. The molecule has 0 bridgehead atoms. The Morgan fingerprint density at radius 2 is 2.10 bits per heavy atom. The van der Waals surface area contributed by atoms with Gasteiger partial charge in [0, 0.05) is 29.4 Å². The van der Waals surface area contributed by atoms with Crippen LogP contribution in [0.15, 0.2) is 42.9 Å². The molecule has 3 heterocycles. The second-order valence-electron chi connectivity index (χ2n) is 7.58. The van der Waals surface area contributed by atoms with E-state index in [1.165, 1.54) is 0 Å². The van der Waals surface area contributed by atoms with Gasteiger partial charge in [0.1, 0.15) is 18.8 Å². The van der Waals surface area contributed by atoms with Crippen LogP contribution in [0.4, 0.5) is 21.6 Å². The van der Waals surface area contributed by atoms with Crippen LogP contribution in [-0.4, -0.2) is 27.6 Å². The van der Waals surface area contributed by atoms with Crippen LogP contribution in [0.2, 0.25) is 0 Å². The molecule has 0 saturated heterocycles. The Kier molecular flexibility index (Phi) is 5.94. The Balaban J connectivity index is 1.52. The molecule has 2 aromatic heterocycles. The summed E-state index contributed by atoms with van der Waals surface area (Å²) >= 11 is 0. The van der Waals surface area contributed by atoms with Crippen LogP contribution in [-0.2, 0) is 19.6 Å². The number of benzene rings is 1. The van der Waals surface area contributed by atoms with Crippen molar-refractivity contribution in [3.05, 3.63) is 65.2 Å². The average molecular weight is 418 g/mol. The average Bonchev–Trinajstić information content (AvgIpc) is 2.79. The van der Waals surface area contributed by atoms with Crippen molar-refractivity contribution in [3.63, 3.8) is 0 Å². The topological polar surface area (TPSA) is 87.0 Å². The molecule has 0 radical (unpaired) electrons. The predicted molar refractivity (Wildman–Crippen MR) is 116 cm³/mol. The number of nitriles is 1. The number of hydrogen-bond acceptors (Lipinski definition) is 7. The van der Waals surface area contributed by atoms with E-state index in [1.807, 2.05) is 38.1 Å². The number of halogens is 1. The smallest absolute Gasteiger partial charge is 0.213 e. The zero-order valence-corrected chi connectivity index (χ0v) is 17.5. The molecule has 1 aliphatic heterocycles. The van der Waals surface area contributed by atoms with E-state index < -0.39 is 6.67 Å². The maximum atomic E-state index is 13.3. The van der Waals surface area contributed by atoms with Crippen molar-refractivity contribution >= 4 is 17.2 Å². The summed E-state index contributed by atoms with van der Waals surface area (Å²) < 4.78 is 18.9. The molecule has 0 spiro atoms. The highest BCUT2D eigenvalue weighted by molar-refractivity contribution is 5.62. The highest BCUT2D eigenvalue weighted by atomic mass is 19.1. The van der Waals surface area contributed by atoms with Crippen molar-refractivity contribution < 1.29 is 9.13 Å². The number of pyridine rings is 1. The van der Waals surface area contributed by atoms with Gasteiger partial charge in [-0.1, -0.05) is 0 Å². The number of aromatic nitrogens is 3. The molecule has 0 unspecified atom stereocenters. The van der Waals surface area contributed by atoms with Crippen molar-refractivity contribution in [3.8, 4) is 11.9 Å². The zero-order valence-electron chi connectivity index (χ0n) is 17.5. The lowest BCUT2D eigenvalue weighted by Crippen LogP contribution is -2.31. The molecule has 0 amide bonds. The van der Waals surface area contributed by atoms with Crippen LogP contribution < -0.4 is 15.0 Å². The third kappa shape index (κ3) is 4.56. The van der Waals surface area contributed by atoms with Crippen LogP contribution in [0.5, 0.6) is 5.88 Å². The van der Waals surface area contributed by atoms with Crippen LogP contribution in [0, 0.1) is 11.3 Å². The van der Waals surface area contributed by atoms with E-state index in [0.29, 0.717) is 23.6 Å². The first-order valence-corrected chi connectivity index (χ1v) is 10.1. The van der Waals surface area contributed by atoms with Crippen molar-refractivity contribution in [1.29, 1.82) is 5.26 Å². The quantitative estimate of drug-likeness (QED) is 0.638. The first-order chi connectivity index (χ1) is 15.1. The van der Waals surface area contributed by atoms with E-state index in [4.69, 9.17) is 10.00 Å². The van der Waals surface area contributed by atoms with E-state index in [-0.39, 0.29) is 6.10 Å². The van der Waals surface area contributed by atoms with Gasteiger partial charge in [-0.25, -0.2) is 19.3 Å². The Hall–Kier alpha value is -3.73. The molecule has 7 nitrogen and oxygen atoms in total. The molecular formula is C23H23FN6O. The normalized spacial score (nSPS) is 12.9. The largest absolute Gasteiger partial charge is 0.475 e. The summed E-state index contributed by atoms with van der Waals surface area (Å²) in [6, 6.07) is 11.0. The fourth-order valence-electron chi connectivity index (χ4n) is 3.58. The third-order valence-corrected chi connectivity index (χ3v) is 5.08. The van der Waals surface area contributed by atoms with E-state index >= 15 is 0 Å². The third-order valence-electron chi connectivity index (χ3n) is 5.08. The molecule has 31 heavy (non-hydrogen) atoms. The molecule has 0 aliphatic carbocycles. The van der Waals surface area contributed by atoms with Crippen molar-refractivity contribution in [2.45, 2.75) is 39.6 Å². The van der Waals surface area contributed by atoms with Gasteiger partial charge in [-0.3, -0.25) is 0 Å². The first kappa shape index (κ1) is 20.5. The maximum Gasteiger partial charge on any atom is 0.213 e. The molecule has 0 saturated carbocycles. The summed E-state index contributed by atoms with van der Waals surface area (Å²) in [7, 11) is 0. The van der Waals surface area contributed by atoms with Crippen molar-refractivity contribution in [1.82, 2.24) is 15.0 Å². The van der Waals surface area contributed by atoms with Crippen LogP contribution in [0.3, 0.4) is 0 Å². The van der Waals surface area contributed by atoms with E-state index in [2.05, 4.69) is 25.2 Å². The molecule has 1 aliphatic rings. The van der Waals surface area contributed by atoms with Crippen LogP contribution in [0.1, 0.15) is 36.2 Å². The molecule has 0 atom stereocenters. The Morgan fingerprint density at radius 1 is 1.23 bits per heavy atom. The number of anilines is 3. The minimum absolute atomic E-state index is 0.0697. The number of nitrogens with one attached hydrogen (secondary N) is 1. The SMILES string of the molecule is CC(C)Oc1ccc(Nc2ncnc3c2CCN(c2ccc(C#N)c(CF)c2)C3)cn1. The van der Waals surface area contributed by atoms with Gasteiger partial charge in [0.2, 0.25) is 5.88 Å². The van der Waals surface area contributed by atoms with Gasteiger partial charge in [0.25, 0.3) is 0 Å². The van der Waals surface area contributed by atoms with Crippen LogP contribution >= 0.6 is 0 Å². The highest BCUT2D eigenvalue weighted by Crippen LogP contribution is 2.29. The number of hydrogen-bond donors (Lipinski definition) is 1. The van der Waals surface area contributed by atoms with Gasteiger partial charge in [-0.2, -0.15) is 5.26 Å². The minimum atomic E-state index is -0.660. The monoisotopic (exact) mass is 418 g/mol. The zero-order chi connectivity index (χ0) is 21.8. The molecule has 3 aromatic rings. The fraction of sp³-hybridized carbons (Fsp3) is 0.304. The maximum absolute atomic E-state index is 13.3. The Morgan fingerprint density at radius 3 is 2.81 bits per heavy atom. The summed E-state index contributed by atoms with van der Waals surface area (Å²) in [4.78, 5) is 15.3. The number of fused-ring (bicyclic) bond motifs is 1. The molecule has 1 aromatic carbocycles. The standard InChI is InChI=1S/C23H23FN6O/c1-15(2)31-22-6-4-18(12-26-22)29-23-20-7-8-30(13-21(20)27-14-28-23)19-5-3-16(11-25)17(9-19)10-24/h3-6,9,12,14-15H,7-8,10,13H2,1-2H3,(H,27,28,29). The number of alkyl halides is 1. The van der Waals surface area contributed by atoms with Gasteiger partial charge in [0.15, 0.2) is 0 Å².